The zero-order valence-electron chi connectivity index (χ0n) is 41.6. The first-order chi connectivity index (χ1) is 34.1. The molecule has 0 bridgehead atoms. The summed E-state index contributed by atoms with van der Waals surface area (Å²) < 4.78 is 10.3. The number of nitrogens with one attached hydrogen (secondary N) is 2. The maximum atomic E-state index is 13.3. The summed E-state index contributed by atoms with van der Waals surface area (Å²) in [6.07, 6.45) is 23.6. The van der Waals surface area contributed by atoms with Crippen LogP contribution in [0.5, 0.6) is 0 Å². The second-order valence-corrected chi connectivity index (χ2v) is 19.6. The van der Waals surface area contributed by atoms with Gasteiger partial charge in [0.2, 0.25) is 0 Å². The normalized spacial score (nSPS) is 17.2. The van der Waals surface area contributed by atoms with Gasteiger partial charge >= 0.3 is 11.9 Å². The summed E-state index contributed by atoms with van der Waals surface area (Å²) in [5.74, 6) is -1.58. The summed E-state index contributed by atoms with van der Waals surface area (Å²) in [7, 11) is 0. The molecule has 1 unspecified atom stereocenters. The standard InChI is InChI=1S/C30H40N2O4.C28H34N2O4/c1-3-21(2)30(35)36-20-11-7-10-19-32-28(33)24-16-12-15-23-26(18-17-25(27(23)24)29(32)34)31-22-13-8-5-4-6-9-14-22;1-2-25(31)34-19-10-6-9-18-30-27(32)22-15-11-14-21-24(17-16-23(26(21)22)28(30)33)29-20-12-7-4-3-5-8-13-20/h12,15-18,21-22,31H,3-11,13-14,19-20H2,1-2H3;2,11,14-17,20,29H,1,3-10,12-13,18-19H2. The fourth-order valence-electron chi connectivity index (χ4n) is 10.4. The molecule has 2 fully saturated rings. The molecule has 2 saturated carbocycles. The highest BCUT2D eigenvalue weighted by atomic mass is 16.5. The number of rotatable bonds is 19. The number of carbonyl (C=O) groups is 6. The Balaban J connectivity index is 0.000000207. The Bertz CT molecular complexity index is 2460. The highest BCUT2D eigenvalue weighted by Gasteiger charge is 2.35. The molecule has 2 heterocycles. The number of nitrogens with zero attached hydrogens (tertiary/aromatic N) is 2. The van der Waals surface area contributed by atoms with E-state index in [9.17, 15) is 28.8 Å². The van der Waals surface area contributed by atoms with Gasteiger partial charge in [-0.3, -0.25) is 33.8 Å². The van der Waals surface area contributed by atoms with E-state index in [0.717, 1.165) is 90.4 Å². The monoisotopic (exact) mass is 955 g/mol. The molecule has 4 aromatic rings. The van der Waals surface area contributed by atoms with Gasteiger partial charge in [-0.25, -0.2) is 4.79 Å². The van der Waals surface area contributed by atoms with Crippen molar-refractivity contribution in [1.82, 2.24) is 9.80 Å². The van der Waals surface area contributed by atoms with E-state index in [1.54, 1.807) is 0 Å². The minimum atomic E-state index is -0.436. The number of hydrogen-bond donors (Lipinski definition) is 2. The number of ether oxygens (including phenoxy) is 2. The van der Waals surface area contributed by atoms with E-state index in [0.29, 0.717) is 79.9 Å². The lowest BCUT2D eigenvalue weighted by molar-refractivity contribution is -0.148. The van der Waals surface area contributed by atoms with Crippen LogP contribution in [0.2, 0.25) is 0 Å². The molecule has 1 atom stereocenters. The van der Waals surface area contributed by atoms with Crippen molar-refractivity contribution in [2.75, 3.05) is 36.9 Å². The van der Waals surface area contributed by atoms with Gasteiger partial charge in [-0.1, -0.05) is 109 Å². The highest BCUT2D eigenvalue weighted by Crippen LogP contribution is 2.37. The lowest BCUT2D eigenvalue weighted by atomic mass is 9.92. The van der Waals surface area contributed by atoms with Gasteiger partial charge < -0.3 is 20.1 Å². The largest absolute Gasteiger partial charge is 0.465 e. The molecule has 4 aromatic carbocycles. The summed E-state index contributed by atoms with van der Waals surface area (Å²) in [6, 6.07) is 20.1. The van der Waals surface area contributed by atoms with Crippen LogP contribution in [0.1, 0.15) is 190 Å². The number of unbranched alkanes of at least 4 members (excludes halogenated alkanes) is 4. The lowest BCUT2D eigenvalue weighted by Gasteiger charge is -2.29. The molecule has 2 aliphatic heterocycles. The minimum absolute atomic E-state index is 0.0798. The Kier molecular flexibility index (Phi) is 19.0. The van der Waals surface area contributed by atoms with E-state index >= 15 is 0 Å². The van der Waals surface area contributed by atoms with E-state index in [-0.39, 0.29) is 35.5 Å². The summed E-state index contributed by atoms with van der Waals surface area (Å²) in [5, 5.41) is 10.9. The predicted molar refractivity (Wildman–Crippen MR) is 277 cm³/mol. The number of benzene rings is 4. The highest BCUT2D eigenvalue weighted by molar-refractivity contribution is 6.28. The van der Waals surface area contributed by atoms with Crippen LogP contribution in [0.3, 0.4) is 0 Å². The molecule has 70 heavy (non-hydrogen) atoms. The average Bonchev–Trinajstić information content (AvgIpc) is 3.35. The first-order valence-electron chi connectivity index (χ1n) is 26.4. The van der Waals surface area contributed by atoms with Gasteiger partial charge in [0.15, 0.2) is 0 Å². The molecule has 2 aliphatic carbocycles. The number of hydrogen-bond acceptors (Lipinski definition) is 10. The van der Waals surface area contributed by atoms with E-state index in [1.165, 1.54) is 74.0 Å². The molecular weight excluding hydrogens is 881 g/mol. The van der Waals surface area contributed by atoms with Gasteiger partial charge in [0, 0.05) is 86.4 Å². The van der Waals surface area contributed by atoms with Crippen molar-refractivity contribution >= 4 is 68.5 Å². The van der Waals surface area contributed by atoms with E-state index in [1.807, 2.05) is 74.5 Å². The van der Waals surface area contributed by atoms with Crippen molar-refractivity contribution in [3.05, 3.63) is 95.6 Å². The number of carbonyl (C=O) groups excluding carboxylic acids is 6. The maximum absolute atomic E-state index is 13.3. The third-order valence-electron chi connectivity index (χ3n) is 14.6. The van der Waals surface area contributed by atoms with Crippen molar-refractivity contribution in [2.24, 2.45) is 5.92 Å². The van der Waals surface area contributed by atoms with Gasteiger partial charge in [-0.05, 0) is 107 Å². The van der Waals surface area contributed by atoms with Crippen molar-refractivity contribution in [1.29, 1.82) is 0 Å². The zero-order chi connectivity index (χ0) is 49.4. The summed E-state index contributed by atoms with van der Waals surface area (Å²) >= 11 is 0. The molecule has 0 saturated heterocycles. The number of esters is 2. The fourth-order valence-corrected chi connectivity index (χ4v) is 10.4. The molecule has 374 valence electrons. The first-order valence-corrected chi connectivity index (χ1v) is 26.4. The van der Waals surface area contributed by atoms with Crippen molar-refractivity contribution < 1.29 is 38.2 Å². The first kappa shape index (κ1) is 51.8. The Morgan fingerprint density at radius 2 is 0.971 bits per heavy atom. The topological polar surface area (TPSA) is 151 Å². The van der Waals surface area contributed by atoms with Crippen LogP contribution in [0.25, 0.3) is 21.5 Å². The van der Waals surface area contributed by atoms with Gasteiger partial charge in [0.05, 0.1) is 19.1 Å². The van der Waals surface area contributed by atoms with Crippen LogP contribution in [-0.4, -0.2) is 83.8 Å². The molecule has 8 rings (SSSR count). The molecule has 0 spiro atoms. The number of amides is 4. The third-order valence-corrected chi connectivity index (χ3v) is 14.6. The van der Waals surface area contributed by atoms with E-state index in [2.05, 4.69) is 17.2 Å². The number of imide groups is 2. The Morgan fingerprint density at radius 1 is 0.571 bits per heavy atom. The average molecular weight is 955 g/mol. The molecule has 0 radical (unpaired) electrons. The van der Waals surface area contributed by atoms with Crippen LogP contribution in [0.15, 0.2) is 73.3 Å². The second-order valence-electron chi connectivity index (χ2n) is 19.6. The molecule has 12 heteroatoms. The fraction of sp³-hybridized carbons (Fsp3) is 0.517. The molecule has 0 aromatic heterocycles. The molecular formula is C58H74N4O8. The van der Waals surface area contributed by atoms with Crippen LogP contribution >= 0.6 is 0 Å². The Labute approximate surface area is 414 Å². The third kappa shape index (κ3) is 12.8. The van der Waals surface area contributed by atoms with Crippen LogP contribution in [0.4, 0.5) is 11.4 Å². The van der Waals surface area contributed by atoms with E-state index in [4.69, 9.17) is 9.47 Å². The summed E-state index contributed by atoms with van der Waals surface area (Å²) in [6.45, 7) is 8.61. The maximum Gasteiger partial charge on any atom is 0.330 e. The molecule has 4 amide bonds. The predicted octanol–water partition coefficient (Wildman–Crippen LogP) is 12.6. The van der Waals surface area contributed by atoms with Crippen molar-refractivity contribution in [3.63, 3.8) is 0 Å². The Hall–Kier alpha value is -6.04. The van der Waals surface area contributed by atoms with Crippen molar-refractivity contribution in [2.45, 2.75) is 161 Å². The smallest absolute Gasteiger partial charge is 0.330 e. The second kappa shape index (κ2) is 25.7. The minimum Gasteiger partial charge on any atom is -0.465 e. The molecule has 4 aliphatic rings. The Morgan fingerprint density at radius 3 is 1.39 bits per heavy atom. The van der Waals surface area contributed by atoms with Crippen LogP contribution in [0, 0.1) is 5.92 Å². The summed E-state index contributed by atoms with van der Waals surface area (Å²) in [5.41, 5.74) is 4.41. The van der Waals surface area contributed by atoms with Gasteiger partial charge in [0.25, 0.3) is 23.6 Å². The molecule has 12 nitrogen and oxygen atoms in total. The lowest BCUT2D eigenvalue weighted by Crippen LogP contribution is -2.41. The van der Waals surface area contributed by atoms with Crippen LogP contribution < -0.4 is 10.6 Å². The van der Waals surface area contributed by atoms with Crippen molar-refractivity contribution in [3.8, 4) is 0 Å². The van der Waals surface area contributed by atoms with Gasteiger partial charge in [-0.2, -0.15) is 0 Å². The molecule has 2 N–H and O–H groups in total. The summed E-state index contributed by atoms with van der Waals surface area (Å²) in [4.78, 5) is 78.8. The van der Waals surface area contributed by atoms with E-state index < -0.39 is 5.97 Å². The van der Waals surface area contributed by atoms with Gasteiger partial charge in [-0.15, -0.1) is 0 Å². The SMILES string of the molecule is C=CC(=O)OCCCCCN1C(=O)c2cccc3c(NC4CCCCCCC4)ccc(c23)C1=O.CCC(C)C(=O)OCCCCCN1C(=O)c2cccc3c(NC4CCCCCCC4)ccc(c23)C1=O. The van der Waals surface area contributed by atoms with Crippen LogP contribution in [-0.2, 0) is 19.1 Å². The zero-order valence-corrected chi connectivity index (χ0v) is 41.6. The quantitative estimate of drug-likeness (QED) is 0.0402. The van der Waals surface area contributed by atoms with Gasteiger partial charge in [0.1, 0.15) is 0 Å². The number of anilines is 2.